The lowest BCUT2D eigenvalue weighted by atomic mass is 9.68. The van der Waals surface area contributed by atoms with Crippen LogP contribution in [0.25, 0.3) is 5.57 Å². The number of hydrogen-bond donors (Lipinski definition) is 1. The van der Waals surface area contributed by atoms with Crippen molar-refractivity contribution in [2.24, 2.45) is 0 Å². The van der Waals surface area contributed by atoms with Gasteiger partial charge in [0.25, 0.3) is 0 Å². The molecule has 0 fully saturated rings. The standard InChI is InChI=1S/C23H24O4.H2O/c1-23(2)19-13-16(27-10-4-9-24)6-8-18(19)22(25)21-17-7-5-15(26-3)11-14(17)12-20(21)23;/h5-8,11,13,24H,4,9-10,12H2,1-3H3;1H2. The van der Waals surface area contributed by atoms with Crippen LogP contribution in [0, 0.1) is 0 Å². The number of carbonyl (C=O) groups is 1. The second-order valence-corrected chi connectivity index (χ2v) is 7.64. The molecule has 0 bridgehead atoms. The van der Waals surface area contributed by atoms with E-state index in [-0.39, 0.29) is 23.3 Å². The van der Waals surface area contributed by atoms with Crippen molar-refractivity contribution in [3.63, 3.8) is 0 Å². The zero-order valence-electron chi connectivity index (χ0n) is 16.5. The van der Waals surface area contributed by atoms with Crippen LogP contribution in [-0.2, 0) is 11.8 Å². The molecule has 2 aromatic carbocycles. The van der Waals surface area contributed by atoms with Gasteiger partial charge in [-0.15, -0.1) is 0 Å². The second kappa shape index (κ2) is 7.41. The smallest absolute Gasteiger partial charge is 0.193 e. The summed E-state index contributed by atoms with van der Waals surface area (Å²) in [4.78, 5) is 13.3. The Labute approximate surface area is 164 Å². The Morgan fingerprint density at radius 1 is 1.07 bits per heavy atom. The van der Waals surface area contributed by atoms with Crippen molar-refractivity contribution in [2.45, 2.75) is 32.1 Å². The first-order valence-corrected chi connectivity index (χ1v) is 9.31. The van der Waals surface area contributed by atoms with Crippen LogP contribution in [0.15, 0.2) is 42.0 Å². The summed E-state index contributed by atoms with van der Waals surface area (Å²) in [5.74, 6) is 1.64. The molecule has 2 aromatic rings. The van der Waals surface area contributed by atoms with Gasteiger partial charge in [-0.25, -0.2) is 0 Å². The molecule has 28 heavy (non-hydrogen) atoms. The Morgan fingerprint density at radius 2 is 1.79 bits per heavy atom. The highest BCUT2D eigenvalue weighted by atomic mass is 16.5. The Balaban J connectivity index is 0.00000225. The first-order valence-electron chi connectivity index (χ1n) is 9.31. The van der Waals surface area contributed by atoms with Crippen LogP contribution in [-0.4, -0.2) is 36.7 Å². The van der Waals surface area contributed by atoms with Crippen LogP contribution < -0.4 is 9.47 Å². The number of fused-ring (bicyclic) bond motifs is 3. The maximum absolute atomic E-state index is 13.3. The molecule has 0 heterocycles. The number of aliphatic hydroxyl groups is 1. The van der Waals surface area contributed by atoms with Crippen LogP contribution in [0.2, 0.25) is 0 Å². The van der Waals surface area contributed by atoms with Crippen LogP contribution in [0.1, 0.15) is 47.3 Å². The molecule has 0 spiro atoms. The third-order valence-corrected chi connectivity index (χ3v) is 5.71. The molecule has 0 saturated heterocycles. The minimum Gasteiger partial charge on any atom is -0.497 e. The molecule has 5 heteroatoms. The molecule has 2 aliphatic rings. The molecule has 3 N–H and O–H groups in total. The number of methoxy groups -OCH3 is 1. The van der Waals surface area contributed by atoms with Gasteiger partial charge in [-0.05, 0) is 59.0 Å². The van der Waals surface area contributed by atoms with Gasteiger partial charge in [0.05, 0.1) is 13.7 Å². The predicted octanol–water partition coefficient (Wildman–Crippen LogP) is 3.12. The molecular formula is C23H26O5. The molecule has 5 nitrogen and oxygen atoms in total. The van der Waals surface area contributed by atoms with E-state index in [1.165, 1.54) is 0 Å². The summed E-state index contributed by atoms with van der Waals surface area (Å²) in [5, 5.41) is 8.94. The summed E-state index contributed by atoms with van der Waals surface area (Å²) in [6.07, 6.45) is 1.35. The molecule has 2 aliphatic carbocycles. The summed E-state index contributed by atoms with van der Waals surface area (Å²) in [5.41, 5.74) is 5.67. The summed E-state index contributed by atoms with van der Waals surface area (Å²) in [6.45, 7) is 4.91. The molecule has 0 radical (unpaired) electrons. The average molecular weight is 382 g/mol. The minimum absolute atomic E-state index is 0. The monoisotopic (exact) mass is 382 g/mol. The summed E-state index contributed by atoms with van der Waals surface area (Å²) < 4.78 is 11.1. The van der Waals surface area contributed by atoms with Crippen LogP contribution in [0.4, 0.5) is 0 Å². The van der Waals surface area contributed by atoms with Crippen LogP contribution in [0.5, 0.6) is 11.5 Å². The van der Waals surface area contributed by atoms with E-state index in [1.54, 1.807) is 7.11 Å². The van der Waals surface area contributed by atoms with Crippen molar-refractivity contribution in [2.75, 3.05) is 20.3 Å². The molecule has 0 unspecified atom stereocenters. The van der Waals surface area contributed by atoms with Gasteiger partial charge < -0.3 is 20.1 Å². The topological polar surface area (TPSA) is 87.3 Å². The Morgan fingerprint density at radius 3 is 2.50 bits per heavy atom. The number of allylic oxidation sites excluding steroid dienone is 2. The predicted molar refractivity (Wildman–Crippen MR) is 108 cm³/mol. The third kappa shape index (κ3) is 3.01. The third-order valence-electron chi connectivity index (χ3n) is 5.71. The Bertz CT molecular complexity index is 955. The van der Waals surface area contributed by atoms with Crippen molar-refractivity contribution in [1.82, 2.24) is 0 Å². The zero-order valence-corrected chi connectivity index (χ0v) is 16.5. The summed E-state index contributed by atoms with van der Waals surface area (Å²) in [6, 6.07) is 11.7. The van der Waals surface area contributed by atoms with Gasteiger partial charge in [-0.3, -0.25) is 4.79 Å². The highest BCUT2D eigenvalue weighted by molar-refractivity contribution is 6.33. The van der Waals surface area contributed by atoms with Crippen molar-refractivity contribution < 1.29 is 24.9 Å². The van der Waals surface area contributed by atoms with E-state index in [2.05, 4.69) is 13.8 Å². The molecule has 0 aromatic heterocycles. The maximum atomic E-state index is 13.3. The van der Waals surface area contributed by atoms with E-state index < -0.39 is 0 Å². The normalized spacial score (nSPS) is 16.1. The number of carbonyl (C=O) groups excluding carboxylic acids is 1. The molecule has 0 aliphatic heterocycles. The van der Waals surface area contributed by atoms with Crippen molar-refractivity contribution in [3.8, 4) is 11.5 Å². The highest BCUT2D eigenvalue weighted by Crippen LogP contribution is 2.50. The van der Waals surface area contributed by atoms with Gasteiger partial charge >= 0.3 is 0 Å². The maximum Gasteiger partial charge on any atom is 0.193 e. The minimum atomic E-state index is -0.263. The molecular weight excluding hydrogens is 356 g/mol. The van der Waals surface area contributed by atoms with Gasteiger partial charge in [0.2, 0.25) is 0 Å². The first kappa shape index (κ1) is 20.1. The number of ether oxygens (including phenoxy) is 2. The van der Waals surface area contributed by atoms with Crippen LogP contribution in [0.3, 0.4) is 0 Å². The van der Waals surface area contributed by atoms with Gasteiger partial charge in [0, 0.05) is 29.6 Å². The average Bonchev–Trinajstić information content (AvgIpc) is 3.06. The van der Waals surface area contributed by atoms with E-state index in [1.807, 2.05) is 36.4 Å². The van der Waals surface area contributed by atoms with Gasteiger partial charge in [-0.1, -0.05) is 19.9 Å². The molecule has 0 saturated carbocycles. The SMILES string of the molecule is COc1ccc2c(c1)CC1=C2C(=O)c2ccc(OCCCO)cc2C1(C)C.O. The van der Waals surface area contributed by atoms with E-state index in [9.17, 15) is 4.79 Å². The number of rotatable bonds is 5. The second-order valence-electron chi connectivity index (χ2n) is 7.64. The molecule has 0 amide bonds. The number of aliphatic hydroxyl groups excluding tert-OH is 1. The number of benzene rings is 2. The Kier molecular flexibility index (Phi) is 5.33. The van der Waals surface area contributed by atoms with E-state index in [4.69, 9.17) is 14.6 Å². The number of Topliss-reactive ketones (excluding diaryl/α,β-unsaturated/α-hetero) is 1. The fraction of sp³-hybridized carbons (Fsp3) is 0.348. The number of hydrogen-bond acceptors (Lipinski definition) is 4. The lowest BCUT2D eigenvalue weighted by Crippen LogP contribution is -2.29. The van der Waals surface area contributed by atoms with Gasteiger partial charge in [0.15, 0.2) is 5.78 Å². The summed E-state index contributed by atoms with van der Waals surface area (Å²) in [7, 11) is 1.66. The van der Waals surface area contributed by atoms with E-state index in [0.29, 0.717) is 13.0 Å². The Hall–Kier alpha value is -2.63. The largest absolute Gasteiger partial charge is 0.497 e. The molecule has 0 atom stereocenters. The highest BCUT2D eigenvalue weighted by Gasteiger charge is 2.42. The van der Waals surface area contributed by atoms with Crippen molar-refractivity contribution in [1.29, 1.82) is 0 Å². The van der Waals surface area contributed by atoms with Crippen molar-refractivity contribution in [3.05, 3.63) is 64.2 Å². The summed E-state index contributed by atoms with van der Waals surface area (Å²) >= 11 is 0. The van der Waals surface area contributed by atoms with Gasteiger partial charge in [-0.2, -0.15) is 0 Å². The van der Waals surface area contributed by atoms with E-state index >= 15 is 0 Å². The molecule has 4 rings (SSSR count). The van der Waals surface area contributed by atoms with Gasteiger partial charge in [0.1, 0.15) is 11.5 Å². The number of ketones is 1. The zero-order chi connectivity index (χ0) is 19.2. The first-order chi connectivity index (χ1) is 13.0. The lowest BCUT2D eigenvalue weighted by molar-refractivity contribution is 0.105. The van der Waals surface area contributed by atoms with E-state index in [0.717, 1.165) is 51.3 Å². The quantitative estimate of drug-likeness (QED) is 0.805. The van der Waals surface area contributed by atoms with Crippen molar-refractivity contribution >= 4 is 11.4 Å². The lowest BCUT2D eigenvalue weighted by Gasteiger charge is -2.34. The fourth-order valence-corrected chi connectivity index (χ4v) is 4.20. The fourth-order valence-electron chi connectivity index (χ4n) is 4.20. The molecule has 148 valence electrons. The van der Waals surface area contributed by atoms with Crippen LogP contribution >= 0.6 is 0 Å².